The molecule has 0 radical (unpaired) electrons. The Kier molecular flexibility index (Phi) is 11.9. The first-order chi connectivity index (χ1) is 30.4. The van der Waals surface area contributed by atoms with Crippen molar-refractivity contribution in [2.75, 3.05) is 42.9 Å². The van der Waals surface area contributed by atoms with Crippen LogP contribution in [0.15, 0.2) is 83.9 Å². The third kappa shape index (κ3) is 8.86. The fraction of sp³-hybridized carbons (Fsp3) is 0.458. The Hall–Kier alpha value is -5.54. The van der Waals surface area contributed by atoms with Gasteiger partial charge in [-0.15, -0.1) is 0 Å². The maximum absolute atomic E-state index is 15.4. The van der Waals surface area contributed by atoms with Crippen molar-refractivity contribution >= 4 is 44.0 Å². The number of aromatic nitrogens is 2. The normalized spacial score (nSPS) is 20.5. The first-order valence-electron chi connectivity index (χ1n) is 22.5. The lowest BCUT2D eigenvalue weighted by Gasteiger charge is -2.57. The molecule has 4 aliphatic rings. The Morgan fingerprint density at radius 2 is 1.75 bits per heavy atom. The quantitative estimate of drug-likeness (QED) is 0.0590. The van der Waals surface area contributed by atoms with Crippen LogP contribution in [-0.4, -0.2) is 72.9 Å². The minimum absolute atomic E-state index is 0.0620. The lowest BCUT2D eigenvalue weighted by Crippen LogP contribution is -2.63. The number of nitro benzene ring substituents is 1. The lowest BCUT2D eigenvalue weighted by atomic mass is 9.70. The van der Waals surface area contributed by atoms with Gasteiger partial charge in [-0.3, -0.25) is 19.8 Å². The summed E-state index contributed by atoms with van der Waals surface area (Å²) in [4.78, 5) is 36.7. The topological polar surface area (TPSA) is 163 Å². The smallest absolute Gasteiger partial charge is 0.293 e. The molecule has 1 amide bonds. The number of ether oxygens (including phenoxy) is 1. The van der Waals surface area contributed by atoms with Crippen LogP contribution in [0.3, 0.4) is 0 Å². The van der Waals surface area contributed by atoms with E-state index in [0.717, 1.165) is 76.5 Å². The van der Waals surface area contributed by atoms with Gasteiger partial charge >= 0.3 is 0 Å². The number of hydrogen-bond donors (Lipinski definition) is 3. The van der Waals surface area contributed by atoms with Gasteiger partial charge in [0.05, 0.1) is 15.4 Å². The maximum Gasteiger partial charge on any atom is 0.293 e. The highest BCUT2D eigenvalue weighted by molar-refractivity contribution is 7.90. The molecule has 332 valence electrons. The molecule has 3 N–H and O–H groups in total. The van der Waals surface area contributed by atoms with Crippen LogP contribution in [-0.2, 0) is 10.0 Å². The van der Waals surface area contributed by atoms with Gasteiger partial charge in [0.25, 0.3) is 27.6 Å². The lowest BCUT2D eigenvalue weighted by molar-refractivity contribution is -0.384. The molecule has 2 atom stereocenters. The summed E-state index contributed by atoms with van der Waals surface area (Å²) in [5.74, 6) is -0.826. The second kappa shape index (κ2) is 17.6. The number of H-pyrrole nitrogens is 1. The fourth-order valence-electron chi connectivity index (χ4n) is 10.7. The van der Waals surface area contributed by atoms with Crippen LogP contribution < -0.4 is 19.7 Å². The first-order valence-corrected chi connectivity index (χ1v) is 24.0. The summed E-state index contributed by atoms with van der Waals surface area (Å²) in [6.45, 7) is 8.79. The summed E-state index contributed by atoms with van der Waals surface area (Å²) in [5.41, 5.74) is 3.91. The number of pyridine rings is 1. The minimum atomic E-state index is -4.60. The molecule has 2 aromatic heterocycles. The average Bonchev–Trinajstić information content (AvgIpc) is 3.95. The van der Waals surface area contributed by atoms with E-state index in [1.807, 2.05) is 0 Å². The number of carbonyl (C=O) groups is 1. The molecule has 63 heavy (non-hydrogen) atoms. The summed E-state index contributed by atoms with van der Waals surface area (Å²) < 4.78 is 51.0. The molecule has 2 aliphatic heterocycles. The standard InChI is InChI=1S/C48H56FN7O6S/c1-31(2)36-11-6-7-12-37(36)38-13-8-14-41(38)55-29-48(30-55)20-23-54(24-21-48)34-15-17-39(43(26-34)62-44-25-33-19-22-50-46(33)52-45(44)49)47(57)53-63(60,61)35-16-18-40(42(27-35)56(58)59)51-28-32-9-4-3-5-10-32/h6-7,11-12,15-19,22,25-27,31-32,38,41,51H,3-5,8-10,13-14,20-21,23-24,28-30H2,1-2H3,(H,50,52)(H,53,57)/t38-,41-/m0/s1. The average molecular weight is 878 g/mol. The number of amides is 1. The second-order valence-electron chi connectivity index (χ2n) is 18.5. The van der Waals surface area contributed by atoms with Gasteiger partial charge in [0.1, 0.15) is 17.1 Å². The van der Waals surface area contributed by atoms with Gasteiger partial charge in [-0.05, 0) is 109 Å². The van der Waals surface area contributed by atoms with Crippen molar-refractivity contribution in [2.24, 2.45) is 11.3 Å². The van der Waals surface area contributed by atoms with Crippen LogP contribution in [0.1, 0.15) is 111 Å². The number of nitrogens with zero attached hydrogens (tertiary/aromatic N) is 4. The third-order valence-corrected chi connectivity index (χ3v) is 15.5. The number of likely N-dealkylation sites (tertiary alicyclic amines) is 1. The molecule has 9 rings (SSSR count). The summed E-state index contributed by atoms with van der Waals surface area (Å²) in [5, 5.41) is 15.8. The minimum Gasteiger partial charge on any atom is -0.452 e. The summed E-state index contributed by atoms with van der Waals surface area (Å²) >= 11 is 0. The summed E-state index contributed by atoms with van der Waals surface area (Å²) in [6, 6.07) is 21.1. The van der Waals surface area contributed by atoms with E-state index in [0.29, 0.717) is 41.4 Å². The van der Waals surface area contributed by atoms with Crippen molar-refractivity contribution in [1.82, 2.24) is 19.6 Å². The van der Waals surface area contributed by atoms with Crippen molar-refractivity contribution < 1.29 is 27.3 Å². The number of nitrogens with one attached hydrogen (secondary N) is 3. The molecular weight excluding hydrogens is 822 g/mol. The molecule has 15 heteroatoms. The fourth-order valence-corrected chi connectivity index (χ4v) is 11.7. The number of halogens is 1. The van der Waals surface area contributed by atoms with E-state index >= 15 is 4.39 Å². The van der Waals surface area contributed by atoms with Crippen LogP contribution in [0, 0.1) is 27.4 Å². The number of sulfonamides is 1. The van der Waals surface area contributed by atoms with Crippen LogP contribution in [0.5, 0.6) is 11.5 Å². The molecule has 2 aliphatic carbocycles. The Morgan fingerprint density at radius 3 is 2.51 bits per heavy atom. The van der Waals surface area contributed by atoms with Crippen molar-refractivity contribution in [3.8, 4) is 11.5 Å². The van der Waals surface area contributed by atoms with Crippen molar-refractivity contribution in [3.05, 3.63) is 112 Å². The predicted molar refractivity (Wildman–Crippen MR) is 242 cm³/mol. The molecule has 5 aromatic rings. The van der Waals surface area contributed by atoms with Gasteiger partial charge < -0.3 is 19.9 Å². The van der Waals surface area contributed by atoms with E-state index in [9.17, 15) is 23.3 Å². The highest BCUT2D eigenvalue weighted by Crippen LogP contribution is 2.49. The molecular formula is C48H56FN7O6S. The van der Waals surface area contributed by atoms with Gasteiger partial charge in [-0.25, -0.2) is 13.1 Å². The van der Waals surface area contributed by atoms with E-state index in [1.54, 1.807) is 24.4 Å². The molecule has 13 nitrogen and oxygen atoms in total. The molecule has 4 heterocycles. The van der Waals surface area contributed by atoms with Crippen molar-refractivity contribution in [3.63, 3.8) is 0 Å². The van der Waals surface area contributed by atoms with Gasteiger partial charge in [0.2, 0.25) is 0 Å². The Bertz CT molecular complexity index is 2610. The molecule has 0 bridgehead atoms. The third-order valence-electron chi connectivity index (χ3n) is 14.1. The second-order valence-corrected chi connectivity index (χ2v) is 20.2. The largest absolute Gasteiger partial charge is 0.452 e. The molecule has 4 fully saturated rings. The highest BCUT2D eigenvalue weighted by atomic mass is 32.2. The van der Waals surface area contributed by atoms with E-state index in [2.05, 4.69) is 67.9 Å². The Labute approximate surface area is 368 Å². The molecule has 1 spiro atoms. The number of nitro groups is 1. The van der Waals surface area contributed by atoms with Crippen molar-refractivity contribution in [2.45, 2.75) is 101 Å². The van der Waals surface area contributed by atoms with Gasteiger partial charge in [0.15, 0.2) is 5.75 Å². The number of anilines is 2. The Balaban J connectivity index is 0.916. The number of rotatable bonds is 13. The molecule has 2 saturated carbocycles. The van der Waals surface area contributed by atoms with E-state index < -0.39 is 37.4 Å². The SMILES string of the molecule is CC(C)c1ccccc1[C@@H]1CCC[C@@H]1N1CC2(CCN(c3ccc(C(=O)NS(=O)(=O)c4ccc(NCC5CCCCC5)c([N+](=O)[O-])c4)c(Oc4cc5cc[nH]c5nc4F)c3)CC2)C1. The van der Waals surface area contributed by atoms with Crippen LogP contribution in [0.4, 0.5) is 21.5 Å². The van der Waals surface area contributed by atoms with E-state index in [-0.39, 0.29) is 28.2 Å². The predicted octanol–water partition coefficient (Wildman–Crippen LogP) is 9.88. The number of aromatic amines is 1. The zero-order valence-corrected chi connectivity index (χ0v) is 36.8. The van der Waals surface area contributed by atoms with Gasteiger partial charge in [-0.2, -0.15) is 9.37 Å². The van der Waals surface area contributed by atoms with Gasteiger partial charge in [0, 0.05) is 68.2 Å². The first kappa shape index (κ1) is 42.7. The number of piperidine rings is 1. The maximum atomic E-state index is 15.4. The Morgan fingerprint density at radius 1 is 0.968 bits per heavy atom. The molecule has 0 unspecified atom stereocenters. The number of benzene rings is 3. The number of carbonyl (C=O) groups excluding carboxylic acids is 1. The van der Waals surface area contributed by atoms with E-state index in [1.165, 1.54) is 61.1 Å². The number of hydrogen-bond acceptors (Lipinski definition) is 10. The van der Waals surface area contributed by atoms with Crippen LogP contribution in [0.25, 0.3) is 11.0 Å². The molecule has 3 aromatic carbocycles. The summed E-state index contributed by atoms with van der Waals surface area (Å²) in [6.07, 6.45) is 12.8. The number of fused-ring (bicyclic) bond motifs is 1. The van der Waals surface area contributed by atoms with Crippen LogP contribution in [0.2, 0.25) is 0 Å². The van der Waals surface area contributed by atoms with Crippen LogP contribution >= 0.6 is 0 Å². The van der Waals surface area contributed by atoms with E-state index in [4.69, 9.17) is 4.74 Å². The molecule has 2 saturated heterocycles. The van der Waals surface area contributed by atoms with Gasteiger partial charge in [-0.1, -0.05) is 63.8 Å². The zero-order valence-electron chi connectivity index (χ0n) is 35.9. The van der Waals surface area contributed by atoms with Crippen molar-refractivity contribution in [1.29, 1.82) is 0 Å². The highest BCUT2D eigenvalue weighted by Gasteiger charge is 2.49. The monoisotopic (exact) mass is 877 g/mol. The zero-order chi connectivity index (χ0) is 43.9. The summed E-state index contributed by atoms with van der Waals surface area (Å²) in [7, 11) is -4.60.